The number of hydrogen-bond donors (Lipinski definition) is 0. The molecule has 2 aliphatic rings. The van der Waals surface area contributed by atoms with Crippen LogP contribution in [0.3, 0.4) is 0 Å². The Morgan fingerprint density at radius 1 is 0.952 bits per heavy atom. The lowest BCUT2D eigenvalue weighted by Gasteiger charge is -2.21. The van der Waals surface area contributed by atoms with Crippen LogP contribution in [0.4, 0.5) is 0 Å². The van der Waals surface area contributed by atoms with Gasteiger partial charge in [-0.1, -0.05) is 55.5 Å². The quantitative estimate of drug-likeness (QED) is 0.773. The van der Waals surface area contributed by atoms with E-state index in [-0.39, 0.29) is 6.04 Å². The Bertz CT molecular complexity index is 704. The summed E-state index contributed by atoms with van der Waals surface area (Å²) in [6.45, 7) is 3.62. The van der Waals surface area contributed by atoms with Gasteiger partial charge in [-0.15, -0.1) is 0 Å². The molecule has 1 heterocycles. The molecule has 0 bridgehead atoms. The van der Waals surface area contributed by atoms with E-state index in [1.54, 1.807) is 0 Å². The van der Waals surface area contributed by atoms with E-state index < -0.39 is 0 Å². The van der Waals surface area contributed by atoms with E-state index in [0.717, 1.165) is 12.1 Å². The summed E-state index contributed by atoms with van der Waals surface area (Å²) in [5.41, 5.74) is 6.46. The first-order valence-electron chi connectivity index (χ1n) is 7.63. The van der Waals surface area contributed by atoms with Crippen molar-refractivity contribution in [2.75, 3.05) is 6.61 Å². The zero-order valence-corrected chi connectivity index (χ0v) is 12.3. The van der Waals surface area contributed by atoms with Gasteiger partial charge >= 0.3 is 0 Å². The topological polar surface area (TPSA) is 21.6 Å². The molecule has 21 heavy (non-hydrogen) atoms. The Morgan fingerprint density at radius 2 is 1.71 bits per heavy atom. The van der Waals surface area contributed by atoms with Gasteiger partial charge in [0.2, 0.25) is 0 Å². The SMILES string of the molecule is CC1Cc2ccccc2C1N=C1COCc2ccccc21. The minimum atomic E-state index is 0.269. The lowest BCUT2D eigenvalue weighted by atomic mass is 9.99. The van der Waals surface area contributed by atoms with Gasteiger partial charge < -0.3 is 4.74 Å². The van der Waals surface area contributed by atoms with E-state index in [0.29, 0.717) is 19.1 Å². The molecule has 2 unspecified atom stereocenters. The average molecular weight is 277 g/mol. The zero-order valence-electron chi connectivity index (χ0n) is 12.3. The van der Waals surface area contributed by atoms with E-state index in [1.165, 1.54) is 22.3 Å². The van der Waals surface area contributed by atoms with Crippen molar-refractivity contribution in [3.8, 4) is 0 Å². The second-order valence-corrected chi connectivity index (χ2v) is 6.05. The predicted molar refractivity (Wildman–Crippen MR) is 84.7 cm³/mol. The van der Waals surface area contributed by atoms with Crippen molar-refractivity contribution in [3.05, 3.63) is 70.8 Å². The Morgan fingerprint density at radius 3 is 2.62 bits per heavy atom. The number of ether oxygens (including phenoxy) is 1. The van der Waals surface area contributed by atoms with Gasteiger partial charge in [0.25, 0.3) is 0 Å². The fourth-order valence-corrected chi connectivity index (χ4v) is 3.51. The monoisotopic (exact) mass is 277 g/mol. The largest absolute Gasteiger partial charge is 0.370 e. The minimum Gasteiger partial charge on any atom is -0.370 e. The highest BCUT2D eigenvalue weighted by Gasteiger charge is 2.29. The standard InChI is InChI=1S/C19H19NO/c1-13-10-14-6-2-5-9-17(14)19(13)20-18-12-21-11-15-7-3-4-8-16(15)18/h2-9,13,19H,10-12H2,1H3. The van der Waals surface area contributed by atoms with Gasteiger partial charge in [-0.3, -0.25) is 4.99 Å². The van der Waals surface area contributed by atoms with Gasteiger partial charge in [-0.05, 0) is 29.0 Å². The zero-order chi connectivity index (χ0) is 14.2. The average Bonchev–Trinajstić information content (AvgIpc) is 2.84. The molecule has 4 rings (SSSR count). The molecule has 0 N–H and O–H groups in total. The van der Waals surface area contributed by atoms with Crippen molar-refractivity contribution < 1.29 is 4.74 Å². The van der Waals surface area contributed by atoms with Crippen molar-refractivity contribution >= 4 is 5.71 Å². The van der Waals surface area contributed by atoms with Crippen LogP contribution in [0.1, 0.15) is 35.2 Å². The van der Waals surface area contributed by atoms with E-state index in [4.69, 9.17) is 9.73 Å². The summed E-state index contributed by atoms with van der Waals surface area (Å²) in [5.74, 6) is 0.559. The molecule has 1 aliphatic heterocycles. The third-order valence-corrected chi connectivity index (χ3v) is 4.57. The first-order chi connectivity index (χ1) is 10.3. The van der Waals surface area contributed by atoms with Crippen molar-refractivity contribution in [2.24, 2.45) is 10.9 Å². The van der Waals surface area contributed by atoms with Crippen LogP contribution >= 0.6 is 0 Å². The molecule has 0 saturated heterocycles. The van der Waals surface area contributed by atoms with Gasteiger partial charge in [0, 0.05) is 5.56 Å². The molecule has 0 amide bonds. The third-order valence-electron chi connectivity index (χ3n) is 4.57. The van der Waals surface area contributed by atoms with Gasteiger partial charge in [-0.2, -0.15) is 0 Å². The molecule has 1 aliphatic carbocycles. The van der Waals surface area contributed by atoms with Crippen LogP contribution in [0.2, 0.25) is 0 Å². The highest BCUT2D eigenvalue weighted by Crippen LogP contribution is 2.39. The van der Waals surface area contributed by atoms with Crippen LogP contribution < -0.4 is 0 Å². The molecular formula is C19H19NO. The number of hydrogen-bond acceptors (Lipinski definition) is 2. The number of nitrogens with zero attached hydrogens (tertiary/aromatic N) is 1. The molecule has 106 valence electrons. The maximum absolute atomic E-state index is 5.71. The number of fused-ring (bicyclic) bond motifs is 2. The molecule has 2 aromatic rings. The molecule has 0 fully saturated rings. The van der Waals surface area contributed by atoms with Crippen molar-refractivity contribution in [3.63, 3.8) is 0 Å². The van der Waals surface area contributed by atoms with Gasteiger partial charge in [0.15, 0.2) is 0 Å². The maximum atomic E-state index is 5.71. The van der Waals surface area contributed by atoms with Crippen molar-refractivity contribution in [1.29, 1.82) is 0 Å². The van der Waals surface area contributed by atoms with Gasteiger partial charge in [0.05, 0.1) is 25.0 Å². The summed E-state index contributed by atoms with van der Waals surface area (Å²) < 4.78 is 5.71. The highest BCUT2D eigenvalue weighted by atomic mass is 16.5. The molecule has 2 atom stereocenters. The predicted octanol–water partition coefficient (Wildman–Crippen LogP) is 3.94. The summed E-state index contributed by atoms with van der Waals surface area (Å²) in [5, 5.41) is 0. The minimum absolute atomic E-state index is 0.269. The highest BCUT2D eigenvalue weighted by molar-refractivity contribution is 6.03. The lowest BCUT2D eigenvalue weighted by molar-refractivity contribution is 0.151. The van der Waals surface area contributed by atoms with Crippen LogP contribution in [0.5, 0.6) is 0 Å². The normalized spacial score (nSPS) is 25.7. The Balaban J connectivity index is 1.76. The number of aliphatic imine (C=N–C) groups is 1. The molecule has 0 aromatic heterocycles. The first-order valence-corrected chi connectivity index (χ1v) is 7.63. The van der Waals surface area contributed by atoms with Gasteiger partial charge in [0.1, 0.15) is 0 Å². The Kier molecular flexibility index (Phi) is 3.12. The van der Waals surface area contributed by atoms with Crippen LogP contribution in [-0.4, -0.2) is 12.3 Å². The summed E-state index contributed by atoms with van der Waals surface area (Å²) >= 11 is 0. The lowest BCUT2D eigenvalue weighted by Crippen LogP contribution is -2.20. The van der Waals surface area contributed by atoms with Crippen LogP contribution in [0.15, 0.2) is 53.5 Å². The summed E-state index contributed by atoms with van der Waals surface area (Å²) in [6, 6.07) is 17.4. The van der Waals surface area contributed by atoms with Crippen LogP contribution in [-0.2, 0) is 17.8 Å². The summed E-state index contributed by atoms with van der Waals surface area (Å²) in [7, 11) is 0. The fourth-order valence-electron chi connectivity index (χ4n) is 3.51. The van der Waals surface area contributed by atoms with E-state index in [2.05, 4.69) is 55.5 Å². The third kappa shape index (κ3) is 2.20. The molecule has 2 nitrogen and oxygen atoms in total. The molecule has 2 aromatic carbocycles. The molecule has 0 spiro atoms. The molecular weight excluding hydrogens is 258 g/mol. The van der Waals surface area contributed by atoms with E-state index >= 15 is 0 Å². The fraction of sp³-hybridized carbons (Fsp3) is 0.316. The summed E-state index contributed by atoms with van der Waals surface area (Å²) in [4.78, 5) is 5.09. The van der Waals surface area contributed by atoms with E-state index in [1.807, 2.05) is 0 Å². The molecule has 0 saturated carbocycles. The second-order valence-electron chi connectivity index (χ2n) is 6.05. The summed E-state index contributed by atoms with van der Waals surface area (Å²) in [6.07, 6.45) is 1.13. The second kappa shape index (κ2) is 5.12. The first kappa shape index (κ1) is 12.8. The Labute approximate surface area is 125 Å². The molecule has 0 radical (unpaired) electrons. The number of rotatable bonds is 1. The maximum Gasteiger partial charge on any atom is 0.0894 e. The number of benzene rings is 2. The smallest absolute Gasteiger partial charge is 0.0894 e. The van der Waals surface area contributed by atoms with Gasteiger partial charge in [-0.25, -0.2) is 0 Å². The molecule has 2 heteroatoms. The van der Waals surface area contributed by atoms with Crippen molar-refractivity contribution in [1.82, 2.24) is 0 Å². The van der Waals surface area contributed by atoms with Crippen LogP contribution in [0.25, 0.3) is 0 Å². The van der Waals surface area contributed by atoms with E-state index in [9.17, 15) is 0 Å². The Hall–Kier alpha value is -1.93. The van der Waals surface area contributed by atoms with Crippen molar-refractivity contribution in [2.45, 2.75) is 26.0 Å². The van der Waals surface area contributed by atoms with Crippen LogP contribution in [0, 0.1) is 5.92 Å².